The summed E-state index contributed by atoms with van der Waals surface area (Å²) >= 11 is 0. The first-order valence-corrected chi connectivity index (χ1v) is 10.4. The molecular formula is C25H28O5. The lowest BCUT2D eigenvalue weighted by molar-refractivity contribution is -0.138. The maximum atomic E-state index is 13.0. The Morgan fingerprint density at radius 1 is 1.10 bits per heavy atom. The lowest BCUT2D eigenvalue weighted by Crippen LogP contribution is -2.58. The Labute approximate surface area is 176 Å². The van der Waals surface area contributed by atoms with E-state index in [0.29, 0.717) is 36.1 Å². The van der Waals surface area contributed by atoms with E-state index in [9.17, 15) is 20.1 Å². The average molecular weight is 408 g/mol. The molecule has 0 saturated heterocycles. The topological polar surface area (TPSA) is 87.0 Å². The standard InChI is InChI=1S/C25H28O5/c1-24(2)21-14-18-20(28)11-9-17(23(18)30-25(21,3)13-12-22(24)29)19(27)10-6-15-4-7-16(26)8-5-15/h4-11,21-22,26,28-29H,12-14H2,1-3H3. The van der Waals surface area contributed by atoms with Crippen LogP contribution in [0.15, 0.2) is 42.5 Å². The fraction of sp³-hybridized carbons (Fsp3) is 0.400. The highest BCUT2D eigenvalue weighted by atomic mass is 16.5. The van der Waals surface area contributed by atoms with Crippen LogP contribution >= 0.6 is 0 Å². The molecule has 3 N–H and O–H groups in total. The molecule has 4 rings (SSSR count). The highest BCUT2D eigenvalue weighted by Crippen LogP contribution is 2.55. The molecule has 1 aliphatic carbocycles. The van der Waals surface area contributed by atoms with Crippen molar-refractivity contribution in [3.8, 4) is 17.2 Å². The van der Waals surface area contributed by atoms with Crippen molar-refractivity contribution in [2.24, 2.45) is 11.3 Å². The molecular weight excluding hydrogens is 380 g/mol. The minimum absolute atomic E-state index is 0.0186. The Morgan fingerprint density at radius 2 is 1.80 bits per heavy atom. The SMILES string of the molecule is CC12CCC(O)C(C)(C)C1Cc1c(O)ccc(C(=O)C=Cc3ccc(O)cc3)c1O2. The van der Waals surface area contributed by atoms with Crippen LogP contribution in [0, 0.1) is 11.3 Å². The number of fused-ring (bicyclic) bond motifs is 2. The number of carbonyl (C=O) groups excluding carboxylic acids is 1. The Kier molecular flexibility index (Phi) is 4.89. The van der Waals surface area contributed by atoms with Gasteiger partial charge in [0.05, 0.1) is 11.7 Å². The van der Waals surface area contributed by atoms with Crippen molar-refractivity contribution in [2.45, 2.75) is 51.7 Å². The van der Waals surface area contributed by atoms with Gasteiger partial charge in [-0.15, -0.1) is 0 Å². The van der Waals surface area contributed by atoms with E-state index in [1.54, 1.807) is 42.5 Å². The predicted octanol–water partition coefficient (Wildman–Crippen LogP) is 4.48. The first-order chi connectivity index (χ1) is 14.1. The number of aromatic hydroxyl groups is 2. The van der Waals surface area contributed by atoms with Crippen molar-refractivity contribution >= 4 is 11.9 Å². The van der Waals surface area contributed by atoms with Crippen LogP contribution in [0.2, 0.25) is 0 Å². The summed E-state index contributed by atoms with van der Waals surface area (Å²) in [6, 6.07) is 9.72. The van der Waals surface area contributed by atoms with Crippen LogP contribution in [0.3, 0.4) is 0 Å². The van der Waals surface area contributed by atoms with Crippen molar-refractivity contribution in [2.75, 3.05) is 0 Å². The lowest BCUT2D eigenvalue weighted by atomic mass is 9.57. The number of carbonyl (C=O) groups is 1. The Balaban J connectivity index is 1.70. The van der Waals surface area contributed by atoms with Gasteiger partial charge in [-0.25, -0.2) is 0 Å². The second-order valence-electron chi connectivity index (χ2n) is 9.28. The van der Waals surface area contributed by atoms with Crippen LogP contribution in [0.4, 0.5) is 0 Å². The molecule has 0 radical (unpaired) electrons. The van der Waals surface area contributed by atoms with E-state index in [0.717, 1.165) is 5.56 Å². The van der Waals surface area contributed by atoms with E-state index in [1.165, 1.54) is 6.08 Å². The Bertz CT molecular complexity index is 1000. The number of rotatable bonds is 3. The number of phenolic OH excluding ortho intramolecular Hbond substituents is 2. The van der Waals surface area contributed by atoms with Crippen molar-refractivity contribution in [3.63, 3.8) is 0 Å². The predicted molar refractivity (Wildman–Crippen MR) is 115 cm³/mol. The van der Waals surface area contributed by atoms with E-state index in [-0.39, 0.29) is 28.6 Å². The number of hydrogen-bond donors (Lipinski definition) is 3. The molecule has 1 aliphatic heterocycles. The summed E-state index contributed by atoms with van der Waals surface area (Å²) < 4.78 is 6.45. The van der Waals surface area contributed by atoms with E-state index >= 15 is 0 Å². The van der Waals surface area contributed by atoms with Crippen LogP contribution in [0.5, 0.6) is 17.2 Å². The lowest BCUT2D eigenvalue weighted by Gasteiger charge is -2.55. The molecule has 2 aromatic carbocycles. The summed E-state index contributed by atoms with van der Waals surface area (Å²) in [5.74, 6) is 0.535. The number of phenols is 2. The van der Waals surface area contributed by atoms with Crippen LogP contribution in [0.1, 0.15) is 55.1 Å². The summed E-state index contributed by atoms with van der Waals surface area (Å²) in [4.78, 5) is 13.0. The van der Waals surface area contributed by atoms with Gasteiger partial charge in [0.1, 0.15) is 22.8 Å². The molecule has 5 nitrogen and oxygen atoms in total. The van der Waals surface area contributed by atoms with E-state index < -0.39 is 11.7 Å². The summed E-state index contributed by atoms with van der Waals surface area (Å²) in [5.41, 5.74) is 0.963. The van der Waals surface area contributed by atoms with Gasteiger partial charge in [-0.2, -0.15) is 0 Å². The van der Waals surface area contributed by atoms with Crippen LogP contribution in [0.25, 0.3) is 6.08 Å². The molecule has 0 amide bonds. The van der Waals surface area contributed by atoms with E-state index in [1.807, 2.05) is 20.8 Å². The Morgan fingerprint density at radius 3 is 2.50 bits per heavy atom. The second-order valence-corrected chi connectivity index (χ2v) is 9.28. The quantitative estimate of drug-likeness (QED) is 0.515. The van der Waals surface area contributed by atoms with Gasteiger partial charge in [-0.1, -0.05) is 32.1 Å². The molecule has 0 spiro atoms. The molecule has 1 fully saturated rings. The van der Waals surface area contributed by atoms with Gasteiger partial charge < -0.3 is 20.1 Å². The first-order valence-electron chi connectivity index (χ1n) is 10.4. The van der Waals surface area contributed by atoms with Gasteiger partial charge in [0.15, 0.2) is 5.78 Å². The van der Waals surface area contributed by atoms with Crippen LogP contribution in [-0.4, -0.2) is 32.8 Å². The second kappa shape index (κ2) is 7.17. The van der Waals surface area contributed by atoms with E-state index in [2.05, 4.69) is 0 Å². The molecule has 1 saturated carbocycles. The number of ether oxygens (including phenoxy) is 1. The fourth-order valence-corrected chi connectivity index (χ4v) is 5.00. The van der Waals surface area contributed by atoms with Crippen molar-refractivity contribution < 1.29 is 24.9 Å². The third-order valence-electron chi connectivity index (χ3n) is 6.97. The zero-order valence-electron chi connectivity index (χ0n) is 17.6. The number of allylic oxidation sites excluding steroid dienone is 1. The summed E-state index contributed by atoms with van der Waals surface area (Å²) in [6.07, 6.45) is 4.61. The number of benzene rings is 2. The van der Waals surface area contributed by atoms with E-state index in [4.69, 9.17) is 4.74 Å². The van der Waals surface area contributed by atoms with Gasteiger partial charge in [0.25, 0.3) is 0 Å². The van der Waals surface area contributed by atoms with Gasteiger partial charge >= 0.3 is 0 Å². The third-order valence-corrected chi connectivity index (χ3v) is 6.97. The van der Waals surface area contributed by atoms with Gasteiger partial charge in [0, 0.05) is 11.5 Å². The summed E-state index contributed by atoms with van der Waals surface area (Å²) in [5, 5.41) is 30.5. The molecule has 0 aromatic heterocycles. The van der Waals surface area contributed by atoms with Gasteiger partial charge in [0.2, 0.25) is 0 Å². The molecule has 3 atom stereocenters. The van der Waals surface area contributed by atoms with Crippen molar-refractivity contribution in [1.82, 2.24) is 0 Å². The number of aliphatic hydroxyl groups excluding tert-OH is 1. The highest BCUT2D eigenvalue weighted by Gasteiger charge is 2.55. The molecule has 158 valence electrons. The molecule has 3 unspecified atom stereocenters. The maximum absolute atomic E-state index is 13.0. The zero-order chi connectivity index (χ0) is 21.7. The Hall–Kier alpha value is -2.79. The molecule has 1 heterocycles. The number of hydrogen-bond acceptors (Lipinski definition) is 5. The third kappa shape index (κ3) is 3.37. The van der Waals surface area contributed by atoms with Crippen molar-refractivity contribution in [3.05, 3.63) is 59.2 Å². The highest BCUT2D eigenvalue weighted by molar-refractivity contribution is 6.09. The molecule has 5 heteroatoms. The largest absolute Gasteiger partial charge is 0.508 e. The number of aliphatic hydroxyl groups is 1. The normalized spacial score (nSPS) is 27.2. The van der Waals surface area contributed by atoms with Gasteiger partial charge in [-0.05, 0) is 67.5 Å². The molecule has 30 heavy (non-hydrogen) atoms. The minimum atomic E-state index is -0.515. The smallest absolute Gasteiger partial charge is 0.189 e. The van der Waals surface area contributed by atoms with Gasteiger partial charge in [-0.3, -0.25) is 4.79 Å². The maximum Gasteiger partial charge on any atom is 0.189 e. The average Bonchev–Trinajstić information content (AvgIpc) is 2.70. The minimum Gasteiger partial charge on any atom is -0.508 e. The summed E-state index contributed by atoms with van der Waals surface area (Å²) in [7, 11) is 0. The first kappa shape index (κ1) is 20.5. The summed E-state index contributed by atoms with van der Waals surface area (Å²) in [6.45, 7) is 6.12. The molecule has 2 aliphatic rings. The zero-order valence-corrected chi connectivity index (χ0v) is 17.6. The number of ketones is 1. The van der Waals surface area contributed by atoms with Crippen LogP contribution in [-0.2, 0) is 6.42 Å². The van der Waals surface area contributed by atoms with Crippen molar-refractivity contribution in [1.29, 1.82) is 0 Å². The monoisotopic (exact) mass is 408 g/mol. The fourth-order valence-electron chi connectivity index (χ4n) is 5.00. The van der Waals surface area contributed by atoms with Crippen LogP contribution < -0.4 is 4.74 Å². The molecule has 2 aromatic rings. The molecule has 0 bridgehead atoms.